The predicted octanol–water partition coefficient (Wildman–Crippen LogP) is 3.33. The maximum absolute atomic E-state index is 6.06. The molecule has 0 spiro atoms. The topological polar surface area (TPSA) is 38.5 Å². The Kier molecular flexibility index (Phi) is 4.54. The molecule has 1 heterocycles. The molecule has 0 amide bonds. The highest BCUT2D eigenvalue weighted by Crippen LogP contribution is 2.39. The summed E-state index contributed by atoms with van der Waals surface area (Å²) in [6.45, 7) is 6.33. The second kappa shape index (κ2) is 5.81. The summed E-state index contributed by atoms with van der Waals surface area (Å²) in [6.07, 6.45) is 2.47. The van der Waals surface area contributed by atoms with Crippen molar-refractivity contribution in [2.75, 3.05) is 20.2 Å². The van der Waals surface area contributed by atoms with E-state index in [0.717, 1.165) is 16.8 Å². The summed E-state index contributed by atoms with van der Waals surface area (Å²) >= 11 is 3.65. The molecule has 4 heteroatoms. The predicted molar refractivity (Wildman–Crippen MR) is 82.5 cm³/mol. The van der Waals surface area contributed by atoms with Crippen molar-refractivity contribution < 1.29 is 4.74 Å². The van der Waals surface area contributed by atoms with Gasteiger partial charge in [0.2, 0.25) is 0 Å². The molecule has 2 N–H and O–H groups in total. The Morgan fingerprint density at radius 1 is 1.47 bits per heavy atom. The van der Waals surface area contributed by atoms with Crippen LogP contribution in [0.3, 0.4) is 0 Å². The summed E-state index contributed by atoms with van der Waals surface area (Å²) in [6, 6.07) is 6.34. The van der Waals surface area contributed by atoms with Gasteiger partial charge in [0.15, 0.2) is 0 Å². The lowest BCUT2D eigenvalue weighted by atomic mass is 9.97. The van der Waals surface area contributed by atoms with E-state index < -0.39 is 0 Å². The molecule has 0 aromatic heterocycles. The van der Waals surface area contributed by atoms with E-state index in [1.54, 1.807) is 7.11 Å². The Hall–Kier alpha value is -0.580. The molecule has 1 fully saturated rings. The fraction of sp³-hybridized carbons (Fsp3) is 0.600. The van der Waals surface area contributed by atoms with Crippen molar-refractivity contribution in [1.82, 2.24) is 4.90 Å². The summed E-state index contributed by atoms with van der Waals surface area (Å²) in [7, 11) is 1.70. The molecule has 0 saturated carbocycles. The highest BCUT2D eigenvalue weighted by molar-refractivity contribution is 9.10. The van der Waals surface area contributed by atoms with E-state index in [-0.39, 0.29) is 11.6 Å². The van der Waals surface area contributed by atoms with E-state index in [1.807, 2.05) is 12.1 Å². The van der Waals surface area contributed by atoms with Crippen LogP contribution in [-0.4, -0.2) is 30.6 Å². The van der Waals surface area contributed by atoms with Crippen LogP contribution in [0.15, 0.2) is 22.7 Å². The molecule has 2 rings (SSSR count). The molecule has 1 aromatic rings. The molecule has 0 radical (unpaired) electrons. The monoisotopic (exact) mass is 326 g/mol. The van der Waals surface area contributed by atoms with Gasteiger partial charge in [0.05, 0.1) is 7.11 Å². The van der Waals surface area contributed by atoms with Gasteiger partial charge in [0, 0.05) is 22.6 Å². The summed E-state index contributed by atoms with van der Waals surface area (Å²) in [4.78, 5) is 2.52. The Morgan fingerprint density at radius 2 is 2.21 bits per heavy atom. The number of ether oxygens (including phenoxy) is 1. The Bertz CT molecular complexity index is 448. The molecule has 106 valence electrons. The molecule has 1 aliphatic rings. The maximum Gasteiger partial charge on any atom is 0.119 e. The van der Waals surface area contributed by atoms with Gasteiger partial charge in [-0.1, -0.05) is 15.9 Å². The Morgan fingerprint density at radius 3 is 2.74 bits per heavy atom. The quantitative estimate of drug-likeness (QED) is 0.922. The van der Waals surface area contributed by atoms with Crippen LogP contribution in [0.1, 0.15) is 38.3 Å². The number of halogens is 1. The first-order chi connectivity index (χ1) is 8.99. The van der Waals surface area contributed by atoms with Crippen molar-refractivity contribution in [3.05, 3.63) is 28.2 Å². The SMILES string of the molecule is COc1ccc(Br)c(C(CN)N2CCCC2(C)C)c1. The fourth-order valence-electron chi connectivity index (χ4n) is 3.03. The first-order valence-corrected chi connectivity index (χ1v) is 7.59. The minimum Gasteiger partial charge on any atom is -0.497 e. The van der Waals surface area contributed by atoms with Gasteiger partial charge in [-0.3, -0.25) is 4.90 Å². The number of hydrogen-bond acceptors (Lipinski definition) is 3. The van der Waals surface area contributed by atoms with Crippen LogP contribution >= 0.6 is 15.9 Å². The van der Waals surface area contributed by atoms with E-state index >= 15 is 0 Å². The van der Waals surface area contributed by atoms with Crippen molar-refractivity contribution in [3.63, 3.8) is 0 Å². The third kappa shape index (κ3) is 2.96. The minimum atomic E-state index is 0.215. The number of methoxy groups -OCH3 is 1. The van der Waals surface area contributed by atoms with Gasteiger partial charge in [0.1, 0.15) is 5.75 Å². The average molecular weight is 327 g/mol. The average Bonchev–Trinajstić information content (AvgIpc) is 2.73. The molecule has 1 unspecified atom stereocenters. The normalized spacial score (nSPS) is 20.5. The van der Waals surface area contributed by atoms with Crippen LogP contribution in [0, 0.1) is 0 Å². The zero-order valence-electron chi connectivity index (χ0n) is 11.9. The maximum atomic E-state index is 6.06. The summed E-state index contributed by atoms with van der Waals surface area (Å²) in [5, 5.41) is 0. The number of hydrogen-bond donors (Lipinski definition) is 1. The third-order valence-corrected chi connectivity index (χ3v) is 4.85. The van der Waals surface area contributed by atoms with Crippen LogP contribution in [0.5, 0.6) is 5.75 Å². The standard InChI is InChI=1S/C15H23BrN2O/c1-15(2)7-4-8-18(15)14(10-17)12-9-11(19-3)5-6-13(12)16/h5-6,9,14H,4,7-8,10,17H2,1-3H3. The third-order valence-electron chi connectivity index (χ3n) is 4.13. The van der Waals surface area contributed by atoms with Crippen LogP contribution in [-0.2, 0) is 0 Å². The molecular weight excluding hydrogens is 304 g/mol. The summed E-state index contributed by atoms with van der Waals surface area (Å²) in [5.74, 6) is 0.883. The molecule has 1 aromatic carbocycles. The van der Waals surface area contributed by atoms with Gasteiger partial charge in [-0.05, 0) is 57.0 Å². The Labute approximate surface area is 124 Å². The lowest BCUT2D eigenvalue weighted by Crippen LogP contribution is -2.43. The number of nitrogens with zero attached hydrogens (tertiary/aromatic N) is 1. The van der Waals surface area contributed by atoms with Gasteiger partial charge in [-0.25, -0.2) is 0 Å². The zero-order chi connectivity index (χ0) is 14.0. The van der Waals surface area contributed by atoms with E-state index in [0.29, 0.717) is 6.54 Å². The lowest BCUT2D eigenvalue weighted by Gasteiger charge is -2.38. The first kappa shape index (κ1) is 14.8. The van der Waals surface area contributed by atoms with Gasteiger partial charge < -0.3 is 10.5 Å². The van der Waals surface area contributed by atoms with Crippen LogP contribution in [0.2, 0.25) is 0 Å². The van der Waals surface area contributed by atoms with Gasteiger partial charge in [0.25, 0.3) is 0 Å². The fourth-order valence-corrected chi connectivity index (χ4v) is 3.54. The Balaban J connectivity index is 2.36. The molecular formula is C15H23BrN2O. The zero-order valence-corrected chi connectivity index (χ0v) is 13.5. The molecule has 1 atom stereocenters. The first-order valence-electron chi connectivity index (χ1n) is 6.80. The second-order valence-electron chi connectivity index (χ2n) is 5.75. The van der Waals surface area contributed by atoms with Crippen LogP contribution in [0.4, 0.5) is 0 Å². The molecule has 0 aliphatic carbocycles. The number of likely N-dealkylation sites (tertiary alicyclic amines) is 1. The smallest absolute Gasteiger partial charge is 0.119 e. The second-order valence-corrected chi connectivity index (χ2v) is 6.60. The van der Waals surface area contributed by atoms with Crippen LogP contribution in [0.25, 0.3) is 0 Å². The molecule has 0 bridgehead atoms. The van der Waals surface area contributed by atoms with Gasteiger partial charge in [-0.2, -0.15) is 0 Å². The van der Waals surface area contributed by atoms with Crippen LogP contribution < -0.4 is 10.5 Å². The van der Waals surface area contributed by atoms with E-state index in [1.165, 1.54) is 18.4 Å². The van der Waals surface area contributed by atoms with Crippen molar-refractivity contribution in [3.8, 4) is 5.75 Å². The highest BCUT2D eigenvalue weighted by atomic mass is 79.9. The van der Waals surface area contributed by atoms with E-state index in [9.17, 15) is 0 Å². The molecule has 1 saturated heterocycles. The summed E-state index contributed by atoms with van der Waals surface area (Å²) in [5.41, 5.74) is 7.50. The van der Waals surface area contributed by atoms with Gasteiger partial charge in [-0.15, -0.1) is 0 Å². The number of benzene rings is 1. The molecule has 19 heavy (non-hydrogen) atoms. The van der Waals surface area contributed by atoms with Crippen molar-refractivity contribution in [2.24, 2.45) is 5.73 Å². The van der Waals surface area contributed by atoms with E-state index in [4.69, 9.17) is 10.5 Å². The number of nitrogens with two attached hydrogens (primary N) is 1. The van der Waals surface area contributed by atoms with Crippen molar-refractivity contribution >= 4 is 15.9 Å². The highest BCUT2D eigenvalue weighted by Gasteiger charge is 2.37. The largest absolute Gasteiger partial charge is 0.497 e. The van der Waals surface area contributed by atoms with E-state index in [2.05, 4.69) is 40.7 Å². The minimum absolute atomic E-state index is 0.215. The lowest BCUT2D eigenvalue weighted by molar-refractivity contribution is 0.118. The summed E-state index contributed by atoms with van der Waals surface area (Å²) < 4.78 is 6.44. The van der Waals surface area contributed by atoms with Crippen molar-refractivity contribution in [1.29, 1.82) is 0 Å². The number of rotatable bonds is 4. The van der Waals surface area contributed by atoms with Gasteiger partial charge >= 0.3 is 0 Å². The molecule has 3 nitrogen and oxygen atoms in total. The van der Waals surface area contributed by atoms with Crippen molar-refractivity contribution in [2.45, 2.75) is 38.3 Å². The molecule has 1 aliphatic heterocycles.